The zero-order valence-electron chi connectivity index (χ0n) is 10.2. The summed E-state index contributed by atoms with van der Waals surface area (Å²) in [4.78, 5) is 11.8. The molecule has 1 aromatic carbocycles. The zero-order valence-corrected chi connectivity index (χ0v) is 11.0. The lowest BCUT2D eigenvalue weighted by molar-refractivity contribution is -0.121. The maximum atomic E-state index is 11.8. The van der Waals surface area contributed by atoms with Gasteiger partial charge in [-0.1, -0.05) is 37.6 Å². The summed E-state index contributed by atoms with van der Waals surface area (Å²) in [6.07, 6.45) is 0.337. The van der Waals surface area contributed by atoms with Gasteiger partial charge in [-0.2, -0.15) is 0 Å². The van der Waals surface area contributed by atoms with E-state index in [0.717, 1.165) is 5.56 Å². The maximum absolute atomic E-state index is 11.8. The lowest BCUT2D eigenvalue weighted by Gasteiger charge is -2.20. The number of hydrogen-bond acceptors (Lipinski definition) is 2. The van der Waals surface area contributed by atoms with Crippen molar-refractivity contribution in [2.75, 3.05) is 6.54 Å². The van der Waals surface area contributed by atoms with Crippen LogP contribution in [0.15, 0.2) is 24.3 Å². The number of rotatable bonds is 5. The number of benzene rings is 1. The Labute approximate surface area is 107 Å². The van der Waals surface area contributed by atoms with Crippen LogP contribution in [0.25, 0.3) is 0 Å². The van der Waals surface area contributed by atoms with Gasteiger partial charge in [0, 0.05) is 17.6 Å². The van der Waals surface area contributed by atoms with Crippen LogP contribution in [0.2, 0.25) is 5.02 Å². The smallest absolute Gasteiger partial charge is 0.224 e. The van der Waals surface area contributed by atoms with E-state index in [1.165, 1.54) is 0 Å². The molecule has 0 fully saturated rings. The van der Waals surface area contributed by atoms with E-state index < -0.39 is 0 Å². The van der Waals surface area contributed by atoms with Gasteiger partial charge < -0.3 is 11.1 Å². The summed E-state index contributed by atoms with van der Waals surface area (Å²) in [5.74, 6) is 0.319. The molecule has 0 spiro atoms. The standard InChI is InChI=1S/C13H19ClN2O/c1-9(2)12(8-15)16-13(17)7-10-4-3-5-11(14)6-10/h3-6,9,12H,7-8,15H2,1-2H3,(H,16,17). The first-order chi connectivity index (χ1) is 8.02. The monoisotopic (exact) mass is 254 g/mol. The Bertz CT molecular complexity index is 379. The lowest BCUT2D eigenvalue weighted by atomic mass is 10.0. The van der Waals surface area contributed by atoms with E-state index in [2.05, 4.69) is 5.32 Å². The van der Waals surface area contributed by atoms with Gasteiger partial charge in [0.05, 0.1) is 6.42 Å². The lowest BCUT2D eigenvalue weighted by Crippen LogP contribution is -2.44. The van der Waals surface area contributed by atoms with Crippen molar-refractivity contribution in [2.24, 2.45) is 11.7 Å². The van der Waals surface area contributed by atoms with Crippen molar-refractivity contribution in [3.63, 3.8) is 0 Å². The van der Waals surface area contributed by atoms with Gasteiger partial charge in [-0.25, -0.2) is 0 Å². The molecule has 0 saturated carbocycles. The van der Waals surface area contributed by atoms with Crippen molar-refractivity contribution in [3.05, 3.63) is 34.9 Å². The molecule has 1 aromatic rings. The summed E-state index contributed by atoms with van der Waals surface area (Å²) in [7, 11) is 0. The van der Waals surface area contributed by atoms with Crippen LogP contribution in [-0.4, -0.2) is 18.5 Å². The van der Waals surface area contributed by atoms with E-state index in [9.17, 15) is 4.79 Å². The first-order valence-corrected chi connectivity index (χ1v) is 6.14. The normalized spacial score (nSPS) is 12.5. The fourth-order valence-corrected chi connectivity index (χ4v) is 1.80. The number of hydrogen-bond donors (Lipinski definition) is 2. The molecule has 0 aliphatic rings. The van der Waals surface area contributed by atoms with Crippen LogP contribution in [0.3, 0.4) is 0 Å². The summed E-state index contributed by atoms with van der Waals surface area (Å²) in [6.45, 7) is 4.54. The molecule has 0 bridgehead atoms. The minimum atomic E-state index is -0.0172. The van der Waals surface area contributed by atoms with Crippen molar-refractivity contribution >= 4 is 17.5 Å². The molecule has 0 radical (unpaired) electrons. The van der Waals surface area contributed by atoms with Crippen molar-refractivity contribution in [2.45, 2.75) is 26.3 Å². The molecule has 1 rings (SSSR count). The van der Waals surface area contributed by atoms with Crippen LogP contribution < -0.4 is 11.1 Å². The third-order valence-corrected chi connectivity index (χ3v) is 2.89. The van der Waals surface area contributed by atoms with E-state index in [1.54, 1.807) is 12.1 Å². The molecule has 1 atom stereocenters. The average Bonchev–Trinajstić information content (AvgIpc) is 2.25. The third-order valence-electron chi connectivity index (χ3n) is 2.66. The van der Waals surface area contributed by atoms with Gasteiger partial charge in [0.25, 0.3) is 0 Å². The van der Waals surface area contributed by atoms with Gasteiger partial charge in [-0.15, -0.1) is 0 Å². The number of carbonyl (C=O) groups excluding carboxylic acids is 1. The van der Waals surface area contributed by atoms with E-state index in [0.29, 0.717) is 23.9 Å². The Morgan fingerprint density at radius 1 is 1.47 bits per heavy atom. The molecule has 1 unspecified atom stereocenters. The van der Waals surface area contributed by atoms with Gasteiger partial charge in [0.15, 0.2) is 0 Å². The third kappa shape index (κ3) is 4.75. The quantitative estimate of drug-likeness (QED) is 0.844. The Morgan fingerprint density at radius 2 is 2.18 bits per heavy atom. The number of nitrogens with one attached hydrogen (secondary N) is 1. The highest BCUT2D eigenvalue weighted by Gasteiger charge is 2.14. The second-order valence-electron chi connectivity index (χ2n) is 4.46. The molecular weight excluding hydrogens is 236 g/mol. The van der Waals surface area contributed by atoms with Crippen LogP contribution in [0.1, 0.15) is 19.4 Å². The van der Waals surface area contributed by atoms with E-state index in [4.69, 9.17) is 17.3 Å². The average molecular weight is 255 g/mol. The molecule has 17 heavy (non-hydrogen) atoms. The van der Waals surface area contributed by atoms with Gasteiger partial charge in [-0.3, -0.25) is 4.79 Å². The SMILES string of the molecule is CC(C)C(CN)NC(=O)Cc1cccc(Cl)c1. The van der Waals surface area contributed by atoms with Gasteiger partial charge >= 0.3 is 0 Å². The van der Waals surface area contributed by atoms with E-state index in [1.807, 2.05) is 26.0 Å². The van der Waals surface area contributed by atoms with E-state index in [-0.39, 0.29) is 11.9 Å². The molecule has 0 aliphatic heterocycles. The number of amides is 1. The first-order valence-electron chi connectivity index (χ1n) is 5.76. The minimum absolute atomic E-state index is 0.0172. The molecule has 4 heteroatoms. The maximum Gasteiger partial charge on any atom is 0.224 e. The van der Waals surface area contributed by atoms with Crippen LogP contribution in [0, 0.1) is 5.92 Å². The topological polar surface area (TPSA) is 55.1 Å². The molecule has 3 N–H and O–H groups in total. The second-order valence-corrected chi connectivity index (χ2v) is 4.90. The molecule has 0 aliphatic carbocycles. The molecule has 0 heterocycles. The summed E-state index contributed by atoms with van der Waals surface area (Å²) >= 11 is 5.86. The molecule has 0 aromatic heterocycles. The number of nitrogens with two attached hydrogens (primary N) is 1. The number of halogens is 1. The summed E-state index contributed by atoms with van der Waals surface area (Å²) in [6, 6.07) is 7.35. The molecule has 1 amide bonds. The van der Waals surface area contributed by atoms with Crippen molar-refractivity contribution < 1.29 is 4.79 Å². The highest BCUT2D eigenvalue weighted by atomic mass is 35.5. The van der Waals surface area contributed by atoms with Gasteiger partial charge in [0.2, 0.25) is 5.91 Å². The molecule has 3 nitrogen and oxygen atoms in total. The Balaban J connectivity index is 2.55. The highest BCUT2D eigenvalue weighted by molar-refractivity contribution is 6.30. The first kappa shape index (κ1) is 14.0. The zero-order chi connectivity index (χ0) is 12.8. The molecular formula is C13H19ClN2O. The Kier molecular flexibility index (Phi) is 5.45. The minimum Gasteiger partial charge on any atom is -0.352 e. The van der Waals surface area contributed by atoms with Crippen LogP contribution in [0.4, 0.5) is 0 Å². The predicted octanol–water partition coefficient (Wildman–Crippen LogP) is 1.98. The second kappa shape index (κ2) is 6.62. The Morgan fingerprint density at radius 3 is 2.71 bits per heavy atom. The largest absolute Gasteiger partial charge is 0.352 e. The van der Waals surface area contributed by atoms with Crippen LogP contribution >= 0.6 is 11.6 Å². The van der Waals surface area contributed by atoms with Crippen LogP contribution in [0.5, 0.6) is 0 Å². The van der Waals surface area contributed by atoms with Gasteiger partial charge in [0.1, 0.15) is 0 Å². The molecule has 94 valence electrons. The molecule has 0 saturated heterocycles. The predicted molar refractivity (Wildman–Crippen MR) is 71.0 cm³/mol. The Hall–Kier alpha value is -1.06. The van der Waals surface area contributed by atoms with Crippen molar-refractivity contribution in [3.8, 4) is 0 Å². The summed E-state index contributed by atoms with van der Waals surface area (Å²) in [5, 5.41) is 3.57. The van der Waals surface area contributed by atoms with E-state index >= 15 is 0 Å². The van der Waals surface area contributed by atoms with Crippen LogP contribution in [-0.2, 0) is 11.2 Å². The summed E-state index contributed by atoms with van der Waals surface area (Å²) in [5.41, 5.74) is 6.52. The fourth-order valence-electron chi connectivity index (χ4n) is 1.59. The van der Waals surface area contributed by atoms with Crippen molar-refractivity contribution in [1.82, 2.24) is 5.32 Å². The summed E-state index contributed by atoms with van der Waals surface area (Å²) < 4.78 is 0. The highest BCUT2D eigenvalue weighted by Crippen LogP contribution is 2.11. The fraction of sp³-hybridized carbons (Fsp3) is 0.462. The van der Waals surface area contributed by atoms with Gasteiger partial charge in [-0.05, 0) is 23.6 Å². The van der Waals surface area contributed by atoms with Crippen molar-refractivity contribution in [1.29, 1.82) is 0 Å². The number of carbonyl (C=O) groups is 1.